The maximum Gasteiger partial charge on any atom is 0.161 e. The Morgan fingerprint density at radius 1 is 1.10 bits per heavy atom. The Labute approximate surface area is 146 Å². The second kappa shape index (κ2) is 6.61. The van der Waals surface area contributed by atoms with E-state index in [1.165, 1.54) is 5.56 Å². The average molecular weight is 402 g/mol. The first-order valence-electron chi connectivity index (χ1n) is 6.31. The van der Waals surface area contributed by atoms with Crippen LogP contribution in [0.25, 0.3) is 0 Å². The van der Waals surface area contributed by atoms with Gasteiger partial charge in [0.25, 0.3) is 0 Å². The third-order valence-electron chi connectivity index (χ3n) is 3.10. The molecule has 0 bridgehead atoms. The van der Waals surface area contributed by atoms with Gasteiger partial charge >= 0.3 is 0 Å². The number of halogens is 3. The number of rotatable bonds is 2. The van der Waals surface area contributed by atoms with Crippen LogP contribution in [0.1, 0.15) is 10.8 Å². The molecule has 0 amide bonds. The lowest BCUT2D eigenvalue weighted by atomic mass is 10.1. The van der Waals surface area contributed by atoms with E-state index in [0.717, 1.165) is 21.9 Å². The van der Waals surface area contributed by atoms with E-state index in [-0.39, 0.29) is 0 Å². The Morgan fingerprint density at radius 3 is 2.62 bits per heavy atom. The average Bonchev–Trinajstić information content (AvgIpc) is 2.97. The zero-order chi connectivity index (χ0) is 14.8. The van der Waals surface area contributed by atoms with Gasteiger partial charge in [-0.3, -0.25) is 4.99 Å². The molecule has 108 valence electrons. The lowest BCUT2D eigenvalue weighted by Gasteiger charge is -2.11. The predicted molar refractivity (Wildman–Crippen MR) is 96.9 cm³/mol. The molecule has 1 aliphatic heterocycles. The first-order chi connectivity index (χ1) is 10.1. The molecule has 2 nitrogen and oxygen atoms in total. The first kappa shape index (κ1) is 15.2. The van der Waals surface area contributed by atoms with E-state index in [2.05, 4.69) is 38.4 Å². The van der Waals surface area contributed by atoms with Crippen LogP contribution in [-0.4, -0.2) is 11.7 Å². The van der Waals surface area contributed by atoms with Gasteiger partial charge in [0.15, 0.2) is 5.17 Å². The topological polar surface area (TPSA) is 24.4 Å². The smallest absolute Gasteiger partial charge is 0.161 e. The zero-order valence-electron chi connectivity index (χ0n) is 10.8. The molecule has 1 unspecified atom stereocenters. The molecule has 2 aromatic rings. The van der Waals surface area contributed by atoms with Crippen LogP contribution in [-0.2, 0) is 0 Å². The van der Waals surface area contributed by atoms with Gasteiger partial charge in [-0.15, -0.1) is 0 Å². The van der Waals surface area contributed by atoms with Crippen molar-refractivity contribution in [2.24, 2.45) is 4.99 Å². The van der Waals surface area contributed by atoms with Crippen molar-refractivity contribution in [3.63, 3.8) is 0 Å². The van der Waals surface area contributed by atoms with Crippen LogP contribution in [0.3, 0.4) is 0 Å². The molecule has 0 fully saturated rings. The van der Waals surface area contributed by atoms with Crippen LogP contribution in [0, 0.1) is 0 Å². The minimum absolute atomic E-state index is 0.346. The summed E-state index contributed by atoms with van der Waals surface area (Å²) < 4.78 is 0.780. The van der Waals surface area contributed by atoms with E-state index in [4.69, 9.17) is 23.2 Å². The Balaban J connectivity index is 1.72. The maximum atomic E-state index is 6.24. The lowest BCUT2D eigenvalue weighted by molar-refractivity contribution is 0.966. The van der Waals surface area contributed by atoms with Gasteiger partial charge in [-0.2, -0.15) is 0 Å². The summed E-state index contributed by atoms with van der Waals surface area (Å²) in [5, 5.41) is 5.47. The SMILES string of the molecule is Clc1c(Br)ccc(NC2=NCC(c3ccccc3)S2)c1Cl. The van der Waals surface area contributed by atoms with Crippen LogP contribution in [0.4, 0.5) is 5.69 Å². The molecule has 1 aliphatic rings. The highest BCUT2D eigenvalue weighted by molar-refractivity contribution is 9.10. The fraction of sp³-hybridized carbons (Fsp3) is 0.133. The van der Waals surface area contributed by atoms with Crippen LogP contribution in [0.2, 0.25) is 10.0 Å². The van der Waals surface area contributed by atoms with Crippen molar-refractivity contribution in [2.45, 2.75) is 5.25 Å². The monoisotopic (exact) mass is 400 g/mol. The summed E-state index contributed by atoms with van der Waals surface area (Å²) in [5.41, 5.74) is 2.05. The number of nitrogens with zero attached hydrogens (tertiary/aromatic N) is 1. The third kappa shape index (κ3) is 3.39. The lowest BCUT2D eigenvalue weighted by Crippen LogP contribution is -2.06. The second-order valence-electron chi connectivity index (χ2n) is 4.51. The van der Waals surface area contributed by atoms with Crippen molar-refractivity contribution in [3.8, 4) is 0 Å². The second-order valence-corrected chi connectivity index (χ2v) is 7.31. The fourth-order valence-electron chi connectivity index (χ4n) is 2.02. The number of hydrogen-bond donors (Lipinski definition) is 1. The van der Waals surface area contributed by atoms with Gasteiger partial charge in [-0.1, -0.05) is 65.3 Å². The van der Waals surface area contributed by atoms with Gasteiger partial charge in [0.05, 0.1) is 27.5 Å². The van der Waals surface area contributed by atoms with Gasteiger partial charge in [-0.05, 0) is 33.6 Å². The summed E-state index contributed by atoms with van der Waals surface area (Å²) in [4.78, 5) is 4.54. The molecule has 0 saturated carbocycles. The molecular weight excluding hydrogens is 391 g/mol. The number of anilines is 1. The Kier molecular flexibility index (Phi) is 4.79. The molecule has 1 atom stereocenters. The van der Waals surface area contributed by atoms with Crippen LogP contribution < -0.4 is 5.32 Å². The fourth-order valence-corrected chi connectivity index (χ4v) is 3.87. The quantitative estimate of drug-likeness (QED) is 0.622. The van der Waals surface area contributed by atoms with Gasteiger partial charge in [-0.25, -0.2) is 0 Å². The highest BCUT2D eigenvalue weighted by Gasteiger charge is 2.22. The van der Waals surface area contributed by atoms with E-state index in [0.29, 0.717) is 15.3 Å². The van der Waals surface area contributed by atoms with Crippen molar-refractivity contribution in [1.29, 1.82) is 0 Å². The van der Waals surface area contributed by atoms with Gasteiger partial charge in [0, 0.05) is 4.47 Å². The van der Waals surface area contributed by atoms with E-state index >= 15 is 0 Å². The van der Waals surface area contributed by atoms with E-state index in [1.807, 2.05) is 30.3 Å². The highest BCUT2D eigenvalue weighted by atomic mass is 79.9. The maximum absolute atomic E-state index is 6.24. The van der Waals surface area contributed by atoms with Gasteiger partial charge in [0.2, 0.25) is 0 Å². The standard InChI is InChI=1S/C15H11BrCl2N2S/c16-10-6-7-11(14(18)13(10)17)20-15-19-8-12(21-15)9-4-2-1-3-5-9/h1-7,12H,8H2,(H,19,20). The molecule has 0 aliphatic carbocycles. The first-order valence-corrected chi connectivity index (χ1v) is 8.74. The molecule has 1 N–H and O–H groups in total. The van der Waals surface area contributed by atoms with Gasteiger partial charge < -0.3 is 5.32 Å². The Bertz CT molecular complexity index is 692. The van der Waals surface area contributed by atoms with Crippen LogP contribution in [0.5, 0.6) is 0 Å². The number of aliphatic imine (C=N–C) groups is 1. The Morgan fingerprint density at radius 2 is 1.86 bits per heavy atom. The number of benzene rings is 2. The summed E-state index contributed by atoms with van der Waals surface area (Å²) in [6, 6.07) is 14.1. The van der Waals surface area contributed by atoms with E-state index < -0.39 is 0 Å². The largest absolute Gasteiger partial charge is 0.334 e. The number of thioether (sulfide) groups is 1. The summed E-state index contributed by atoms with van der Waals surface area (Å²) in [6.07, 6.45) is 0. The van der Waals surface area contributed by atoms with Crippen molar-refractivity contribution in [3.05, 3.63) is 62.5 Å². The number of hydrogen-bond acceptors (Lipinski definition) is 3. The van der Waals surface area contributed by atoms with Gasteiger partial charge in [0.1, 0.15) is 0 Å². The molecule has 21 heavy (non-hydrogen) atoms. The zero-order valence-corrected chi connectivity index (χ0v) is 14.7. The molecule has 0 radical (unpaired) electrons. The summed E-state index contributed by atoms with van der Waals surface area (Å²) in [7, 11) is 0. The van der Waals surface area contributed by atoms with Crippen molar-refractivity contribution < 1.29 is 0 Å². The Hall–Kier alpha value is -0.680. The number of amidine groups is 1. The predicted octanol–water partition coefficient (Wildman–Crippen LogP) is 6.01. The van der Waals surface area contributed by atoms with Crippen molar-refractivity contribution >= 4 is 61.7 Å². The molecule has 2 aromatic carbocycles. The van der Waals surface area contributed by atoms with Crippen LogP contribution >= 0.6 is 50.9 Å². The van der Waals surface area contributed by atoms with E-state index in [1.54, 1.807) is 11.8 Å². The summed E-state index contributed by atoms with van der Waals surface area (Å²) in [6.45, 7) is 0.763. The van der Waals surface area contributed by atoms with E-state index in [9.17, 15) is 0 Å². The molecule has 0 spiro atoms. The summed E-state index contributed by atoms with van der Waals surface area (Å²) >= 11 is 17.4. The molecule has 6 heteroatoms. The number of nitrogens with one attached hydrogen (secondary N) is 1. The van der Waals surface area contributed by atoms with Crippen molar-refractivity contribution in [2.75, 3.05) is 11.9 Å². The molecule has 0 aromatic heterocycles. The molecule has 1 heterocycles. The molecular formula is C15H11BrCl2N2S. The normalized spacial score (nSPS) is 17.7. The minimum Gasteiger partial charge on any atom is -0.334 e. The summed E-state index contributed by atoms with van der Waals surface area (Å²) in [5.74, 6) is 0. The highest BCUT2D eigenvalue weighted by Crippen LogP contribution is 2.39. The molecule has 3 rings (SSSR count). The third-order valence-corrected chi connectivity index (χ3v) is 6.03. The van der Waals surface area contributed by atoms with Crippen molar-refractivity contribution in [1.82, 2.24) is 0 Å². The minimum atomic E-state index is 0.346. The molecule has 0 saturated heterocycles. The van der Waals surface area contributed by atoms with Crippen LogP contribution in [0.15, 0.2) is 51.9 Å².